The molecule has 0 spiro atoms. The van der Waals surface area contributed by atoms with Crippen LogP contribution in [0, 0.1) is 0 Å². The first-order valence-electron chi connectivity index (χ1n) is 3.52. The molecule has 0 heterocycles. The number of nitrogens with zero attached hydrogens (tertiary/aromatic N) is 1. The first-order valence-corrected chi connectivity index (χ1v) is 5.10. The Morgan fingerprint density at radius 3 is 2.09 bits per heavy atom. The first-order chi connectivity index (χ1) is 4.77. The minimum Gasteiger partial charge on any atom is -0.744 e. The van der Waals surface area contributed by atoms with Crippen LogP contribution in [0.4, 0.5) is 0 Å². The summed E-state index contributed by atoms with van der Waals surface area (Å²) in [4.78, 5) is 0. The number of hydrogen-bond donors (Lipinski definition) is 0. The quantitative estimate of drug-likeness (QED) is 0.452. The zero-order valence-electron chi connectivity index (χ0n) is 7.20. The molecule has 0 saturated carbocycles. The predicted octanol–water partition coefficient (Wildman–Crippen LogP) is -0.0245. The van der Waals surface area contributed by atoms with Crippen molar-refractivity contribution in [1.29, 1.82) is 0 Å². The van der Waals surface area contributed by atoms with E-state index >= 15 is 0 Å². The van der Waals surface area contributed by atoms with Gasteiger partial charge < -0.3 is 9.04 Å². The van der Waals surface area contributed by atoms with Crippen molar-refractivity contribution in [1.82, 2.24) is 0 Å². The van der Waals surface area contributed by atoms with Crippen molar-refractivity contribution in [2.75, 3.05) is 26.5 Å². The molecular formula is C6H15NO3S. The summed E-state index contributed by atoms with van der Waals surface area (Å²) in [6.45, 7) is 2.67. The molecule has 0 amide bonds. The molecule has 0 fully saturated rings. The van der Waals surface area contributed by atoms with Gasteiger partial charge in [-0.05, 0) is 6.42 Å². The molecule has 4 nitrogen and oxygen atoms in total. The summed E-state index contributed by atoms with van der Waals surface area (Å²) < 4.78 is 31.3. The van der Waals surface area contributed by atoms with Gasteiger partial charge in [0.1, 0.15) is 10.1 Å². The van der Waals surface area contributed by atoms with Crippen LogP contribution in [0.3, 0.4) is 0 Å². The monoisotopic (exact) mass is 181 g/mol. The van der Waals surface area contributed by atoms with Crippen molar-refractivity contribution in [3.63, 3.8) is 0 Å². The van der Waals surface area contributed by atoms with Crippen molar-refractivity contribution >= 4 is 10.1 Å². The highest BCUT2D eigenvalue weighted by Crippen LogP contribution is 2.01. The molecule has 0 atom stereocenters. The number of quaternary nitrogens is 1. The fraction of sp³-hybridized carbons (Fsp3) is 1.00. The van der Waals surface area contributed by atoms with E-state index in [1.165, 1.54) is 0 Å². The molecule has 0 aliphatic heterocycles. The van der Waals surface area contributed by atoms with Crippen molar-refractivity contribution in [2.24, 2.45) is 0 Å². The second kappa shape index (κ2) is 3.51. The largest absolute Gasteiger partial charge is 0.744 e. The van der Waals surface area contributed by atoms with E-state index in [4.69, 9.17) is 0 Å². The molecule has 0 unspecified atom stereocenters. The normalized spacial score (nSPS) is 13.5. The Morgan fingerprint density at radius 1 is 1.36 bits per heavy atom. The van der Waals surface area contributed by atoms with Gasteiger partial charge in [-0.2, -0.15) is 0 Å². The fourth-order valence-electron chi connectivity index (χ4n) is 1.10. The summed E-state index contributed by atoms with van der Waals surface area (Å²) in [6.07, 6.45) is 0.878. The van der Waals surface area contributed by atoms with Gasteiger partial charge in [0.05, 0.1) is 20.6 Å². The van der Waals surface area contributed by atoms with Crippen molar-refractivity contribution in [2.45, 2.75) is 13.3 Å². The molecule has 68 valence electrons. The number of hydrogen-bond acceptors (Lipinski definition) is 3. The van der Waals surface area contributed by atoms with E-state index in [-0.39, 0.29) is 10.4 Å². The van der Waals surface area contributed by atoms with E-state index < -0.39 is 10.1 Å². The highest BCUT2D eigenvalue weighted by molar-refractivity contribution is 7.85. The van der Waals surface area contributed by atoms with Gasteiger partial charge in [0.25, 0.3) is 0 Å². The lowest BCUT2D eigenvalue weighted by Gasteiger charge is -2.29. The third-order valence-electron chi connectivity index (χ3n) is 1.34. The maximum atomic E-state index is 10.4. The van der Waals surface area contributed by atoms with Gasteiger partial charge in [0, 0.05) is 0 Å². The summed E-state index contributed by atoms with van der Waals surface area (Å²) >= 11 is 0. The number of rotatable bonds is 4. The van der Waals surface area contributed by atoms with Crippen LogP contribution in [0.2, 0.25) is 0 Å². The predicted molar refractivity (Wildman–Crippen MR) is 41.8 cm³/mol. The van der Waals surface area contributed by atoms with E-state index in [0.717, 1.165) is 6.42 Å². The van der Waals surface area contributed by atoms with E-state index in [2.05, 4.69) is 0 Å². The Bertz CT molecular complexity index is 208. The zero-order valence-corrected chi connectivity index (χ0v) is 8.02. The van der Waals surface area contributed by atoms with Crippen LogP contribution in [-0.2, 0) is 10.1 Å². The van der Waals surface area contributed by atoms with Gasteiger partial charge in [-0.15, -0.1) is 0 Å². The zero-order chi connectivity index (χ0) is 9.12. The van der Waals surface area contributed by atoms with Crippen molar-refractivity contribution < 1.29 is 17.5 Å². The lowest BCUT2D eigenvalue weighted by atomic mass is 10.4. The van der Waals surface area contributed by atoms with Gasteiger partial charge in [-0.1, -0.05) is 6.92 Å². The third kappa shape index (κ3) is 6.28. The van der Waals surface area contributed by atoms with Gasteiger partial charge in [0.2, 0.25) is 0 Å². The molecule has 0 aliphatic carbocycles. The topological polar surface area (TPSA) is 57.2 Å². The summed E-state index contributed by atoms with van der Waals surface area (Å²) in [7, 11) is -0.612. The first kappa shape index (κ1) is 10.9. The molecule has 0 saturated heterocycles. The Morgan fingerprint density at radius 2 is 1.82 bits per heavy atom. The summed E-state index contributed by atoms with van der Waals surface area (Å²) in [5.41, 5.74) is 0. The standard InChI is InChI=1S/C6H15NO3S/c1-4-5-7(2,3)6-11(8,9)10/h4-6H2,1-3H3. The minimum absolute atomic E-state index is 0.252. The second-order valence-corrected chi connectivity index (χ2v) is 4.72. The lowest BCUT2D eigenvalue weighted by molar-refractivity contribution is -0.878. The van der Waals surface area contributed by atoms with Crippen LogP contribution in [0.5, 0.6) is 0 Å². The van der Waals surface area contributed by atoms with Crippen LogP contribution in [0.25, 0.3) is 0 Å². The summed E-state index contributed by atoms with van der Waals surface area (Å²) in [6, 6.07) is 0. The van der Waals surface area contributed by atoms with Crippen LogP contribution < -0.4 is 0 Å². The molecule has 0 aromatic heterocycles. The van der Waals surface area contributed by atoms with Gasteiger partial charge in [-0.25, -0.2) is 8.42 Å². The van der Waals surface area contributed by atoms with Crippen LogP contribution in [-0.4, -0.2) is 44.0 Å². The fourth-order valence-corrected chi connectivity index (χ4v) is 2.08. The average Bonchev–Trinajstić information content (AvgIpc) is 1.55. The molecule has 0 aromatic carbocycles. The molecule has 0 N–H and O–H groups in total. The second-order valence-electron chi connectivity index (χ2n) is 3.35. The van der Waals surface area contributed by atoms with E-state index in [1.54, 1.807) is 14.1 Å². The third-order valence-corrected chi connectivity index (χ3v) is 2.35. The lowest BCUT2D eigenvalue weighted by Crippen LogP contribution is -2.44. The van der Waals surface area contributed by atoms with Crippen LogP contribution >= 0.6 is 0 Å². The average molecular weight is 181 g/mol. The Balaban J connectivity index is 4.13. The smallest absolute Gasteiger partial charge is 0.168 e. The molecule has 11 heavy (non-hydrogen) atoms. The maximum absolute atomic E-state index is 10.4. The van der Waals surface area contributed by atoms with Crippen LogP contribution in [0.1, 0.15) is 13.3 Å². The summed E-state index contributed by atoms with van der Waals surface area (Å²) in [5, 5.41) is 0. The molecule has 0 rings (SSSR count). The van der Waals surface area contributed by atoms with Crippen molar-refractivity contribution in [3.05, 3.63) is 0 Å². The maximum Gasteiger partial charge on any atom is 0.168 e. The molecule has 0 aromatic rings. The molecule has 5 heteroatoms. The van der Waals surface area contributed by atoms with Gasteiger partial charge in [-0.3, -0.25) is 0 Å². The molecule has 0 radical (unpaired) electrons. The molecular weight excluding hydrogens is 166 g/mol. The van der Waals surface area contributed by atoms with E-state index in [9.17, 15) is 13.0 Å². The van der Waals surface area contributed by atoms with E-state index in [1.807, 2.05) is 6.92 Å². The molecule has 0 aliphatic rings. The highest BCUT2D eigenvalue weighted by atomic mass is 32.2. The summed E-state index contributed by atoms with van der Waals surface area (Å²) in [5.74, 6) is -0.319. The Labute approximate surface area is 68.2 Å². The van der Waals surface area contributed by atoms with Crippen LogP contribution in [0.15, 0.2) is 0 Å². The molecule has 0 bridgehead atoms. The van der Waals surface area contributed by atoms with E-state index in [0.29, 0.717) is 6.54 Å². The Kier molecular flexibility index (Phi) is 3.47. The van der Waals surface area contributed by atoms with Gasteiger partial charge >= 0.3 is 0 Å². The highest BCUT2D eigenvalue weighted by Gasteiger charge is 2.16. The van der Waals surface area contributed by atoms with Gasteiger partial charge in [0.15, 0.2) is 5.88 Å². The Hall–Kier alpha value is -0.130. The van der Waals surface area contributed by atoms with Crippen molar-refractivity contribution in [3.8, 4) is 0 Å². The SMILES string of the molecule is CCC[N+](C)(C)CS(=O)(=O)[O-]. The minimum atomic E-state index is -4.08.